The Balaban J connectivity index is 2.08. The summed E-state index contributed by atoms with van der Waals surface area (Å²) in [4.78, 5) is 16.0. The Labute approximate surface area is 102 Å². The van der Waals surface area contributed by atoms with Crippen LogP contribution in [0.3, 0.4) is 0 Å². The van der Waals surface area contributed by atoms with Crippen molar-refractivity contribution in [2.75, 3.05) is 0 Å². The van der Waals surface area contributed by atoms with E-state index < -0.39 is 0 Å². The third-order valence-corrected chi connectivity index (χ3v) is 3.72. The van der Waals surface area contributed by atoms with Crippen molar-refractivity contribution in [2.24, 2.45) is 5.92 Å². The normalized spacial score (nSPS) is 26.1. The molecule has 0 aromatic carbocycles. The number of carbonyl (C=O) groups excluding carboxylic acids is 1. The SMILES string of the molecule is CCC(=O)C(C)c1nc(C2CCC(C)C2)no1. The van der Waals surface area contributed by atoms with Gasteiger partial charge in [0.1, 0.15) is 5.78 Å². The van der Waals surface area contributed by atoms with E-state index in [0.29, 0.717) is 18.2 Å². The fraction of sp³-hybridized carbons (Fsp3) is 0.769. The van der Waals surface area contributed by atoms with Crippen molar-refractivity contribution >= 4 is 5.78 Å². The standard InChI is InChI=1S/C13H20N2O2/c1-4-11(16)9(3)13-14-12(15-17-13)10-6-5-8(2)7-10/h8-10H,4-7H2,1-3H3. The summed E-state index contributed by atoms with van der Waals surface area (Å²) in [6.45, 7) is 5.94. The van der Waals surface area contributed by atoms with Gasteiger partial charge < -0.3 is 4.52 Å². The molecule has 3 unspecified atom stereocenters. The van der Waals surface area contributed by atoms with Gasteiger partial charge in [0.25, 0.3) is 0 Å². The predicted molar refractivity (Wildman–Crippen MR) is 63.8 cm³/mol. The molecule has 1 saturated carbocycles. The molecule has 0 bridgehead atoms. The maximum atomic E-state index is 11.6. The van der Waals surface area contributed by atoms with Crippen LogP contribution in [0.25, 0.3) is 0 Å². The number of ketones is 1. The first-order chi connectivity index (χ1) is 8.11. The van der Waals surface area contributed by atoms with E-state index >= 15 is 0 Å². The van der Waals surface area contributed by atoms with E-state index in [2.05, 4.69) is 17.1 Å². The van der Waals surface area contributed by atoms with E-state index in [0.717, 1.165) is 24.6 Å². The Bertz CT molecular complexity index is 400. The van der Waals surface area contributed by atoms with Crippen molar-refractivity contribution in [3.05, 3.63) is 11.7 Å². The number of hydrogen-bond donors (Lipinski definition) is 0. The molecule has 0 aliphatic heterocycles. The molecule has 3 atom stereocenters. The van der Waals surface area contributed by atoms with Crippen LogP contribution in [0, 0.1) is 5.92 Å². The quantitative estimate of drug-likeness (QED) is 0.806. The van der Waals surface area contributed by atoms with E-state index in [-0.39, 0.29) is 11.7 Å². The summed E-state index contributed by atoms with van der Waals surface area (Å²) in [7, 11) is 0. The third kappa shape index (κ3) is 2.56. The van der Waals surface area contributed by atoms with Crippen LogP contribution >= 0.6 is 0 Å². The summed E-state index contributed by atoms with van der Waals surface area (Å²) in [5.74, 6) is 2.33. The first-order valence-electron chi connectivity index (χ1n) is 6.48. The summed E-state index contributed by atoms with van der Waals surface area (Å²) < 4.78 is 5.22. The second kappa shape index (κ2) is 4.98. The number of rotatable bonds is 4. The average molecular weight is 236 g/mol. The minimum atomic E-state index is -0.264. The first kappa shape index (κ1) is 12.3. The van der Waals surface area contributed by atoms with Gasteiger partial charge in [-0.25, -0.2) is 0 Å². The van der Waals surface area contributed by atoms with Gasteiger partial charge in [-0.1, -0.05) is 19.0 Å². The third-order valence-electron chi connectivity index (χ3n) is 3.72. The van der Waals surface area contributed by atoms with Crippen LogP contribution in [0.15, 0.2) is 4.52 Å². The summed E-state index contributed by atoms with van der Waals surface area (Å²) in [6.07, 6.45) is 4.02. The average Bonchev–Trinajstić information content (AvgIpc) is 2.95. The molecule has 0 saturated heterocycles. The molecule has 1 fully saturated rings. The maximum absolute atomic E-state index is 11.6. The van der Waals surface area contributed by atoms with Gasteiger partial charge in [0.05, 0.1) is 5.92 Å². The highest BCUT2D eigenvalue weighted by molar-refractivity contribution is 5.83. The highest BCUT2D eigenvalue weighted by Gasteiger charge is 2.28. The Morgan fingerprint density at radius 2 is 2.29 bits per heavy atom. The zero-order chi connectivity index (χ0) is 12.4. The van der Waals surface area contributed by atoms with Gasteiger partial charge in [-0.05, 0) is 32.1 Å². The highest BCUT2D eigenvalue weighted by Crippen LogP contribution is 2.36. The van der Waals surface area contributed by atoms with Gasteiger partial charge in [0.15, 0.2) is 5.82 Å². The Morgan fingerprint density at radius 1 is 1.53 bits per heavy atom. The van der Waals surface area contributed by atoms with E-state index in [1.165, 1.54) is 6.42 Å². The number of Topliss-reactive ketones (excluding diaryl/α,β-unsaturated/α-hetero) is 1. The van der Waals surface area contributed by atoms with Crippen molar-refractivity contribution in [3.63, 3.8) is 0 Å². The number of aromatic nitrogens is 2. The summed E-state index contributed by atoms with van der Waals surface area (Å²) in [5, 5.41) is 4.03. The van der Waals surface area contributed by atoms with Crippen molar-refractivity contribution < 1.29 is 9.32 Å². The maximum Gasteiger partial charge on any atom is 0.236 e. The minimum absolute atomic E-state index is 0.153. The van der Waals surface area contributed by atoms with Crippen molar-refractivity contribution in [1.29, 1.82) is 0 Å². The lowest BCUT2D eigenvalue weighted by Crippen LogP contribution is -2.08. The molecule has 0 N–H and O–H groups in total. The van der Waals surface area contributed by atoms with E-state index in [9.17, 15) is 4.79 Å². The Hall–Kier alpha value is -1.19. The molecular weight excluding hydrogens is 216 g/mol. The fourth-order valence-corrected chi connectivity index (χ4v) is 2.47. The van der Waals surface area contributed by atoms with Crippen LogP contribution in [-0.2, 0) is 4.79 Å². The molecule has 1 heterocycles. The van der Waals surface area contributed by atoms with Crippen LogP contribution in [-0.4, -0.2) is 15.9 Å². The largest absolute Gasteiger partial charge is 0.339 e. The molecule has 4 heteroatoms. The van der Waals surface area contributed by atoms with Gasteiger partial charge >= 0.3 is 0 Å². The van der Waals surface area contributed by atoms with Crippen molar-refractivity contribution in [2.45, 2.75) is 58.3 Å². The zero-order valence-corrected chi connectivity index (χ0v) is 10.8. The molecule has 4 nitrogen and oxygen atoms in total. The van der Waals surface area contributed by atoms with Gasteiger partial charge in [0, 0.05) is 12.3 Å². The van der Waals surface area contributed by atoms with Gasteiger partial charge in [-0.15, -0.1) is 0 Å². The molecule has 0 radical (unpaired) electrons. The molecule has 94 valence electrons. The predicted octanol–water partition coefficient (Wildman–Crippen LogP) is 3.06. The zero-order valence-electron chi connectivity index (χ0n) is 10.8. The second-order valence-electron chi connectivity index (χ2n) is 5.15. The molecule has 0 spiro atoms. The molecule has 1 aromatic rings. The minimum Gasteiger partial charge on any atom is -0.339 e. The molecule has 17 heavy (non-hydrogen) atoms. The van der Waals surface area contributed by atoms with E-state index in [1.807, 2.05) is 13.8 Å². The topological polar surface area (TPSA) is 56.0 Å². The first-order valence-corrected chi connectivity index (χ1v) is 6.48. The molecule has 1 aliphatic carbocycles. The molecular formula is C13H20N2O2. The van der Waals surface area contributed by atoms with Crippen molar-refractivity contribution in [1.82, 2.24) is 10.1 Å². The lowest BCUT2D eigenvalue weighted by Gasteiger charge is -2.03. The molecule has 1 aliphatic rings. The monoisotopic (exact) mass is 236 g/mol. The van der Waals surface area contributed by atoms with E-state index in [1.54, 1.807) is 0 Å². The van der Waals surface area contributed by atoms with E-state index in [4.69, 9.17) is 4.52 Å². The van der Waals surface area contributed by atoms with Crippen molar-refractivity contribution in [3.8, 4) is 0 Å². The van der Waals surface area contributed by atoms with Crippen LogP contribution in [0.2, 0.25) is 0 Å². The van der Waals surface area contributed by atoms with Gasteiger partial charge in [-0.3, -0.25) is 4.79 Å². The fourth-order valence-electron chi connectivity index (χ4n) is 2.47. The number of nitrogens with zero attached hydrogens (tertiary/aromatic N) is 2. The lowest BCUT2D eigenvalue weighted by molar-refractivity contribution is -0.120. The summed E-state index contributed by atoms with van der Waals surface area (Å²) in [5.41, 5.74) is 0. The van der Waals surface area contributed by atoms with Crippen LogP contribution in [0.1, 0.15) is 70.0 Å². The molecule has 2 rings (SSSR count). The van der Waals surface area contributed by atoms with Gasteiger partial charge in [0.2, 0.25) is 5.89 Å². The Morgan fingerprint density at radius 3 is 2.88 bits per heavy atom. The summed E-state index contributed by atoms with van der Waals surface area (Å²) >= 11 is 0. The Kier molecular flexibility index (Phi) is 3.60. The number of hydrogen-bond acceptors (Lipinski definition) is 4. The second-order valence-corrected chi connectivity index (χ2v) is 5.15. The van der Waals surface area contributed by atoms with Gasteiger partial charge in [-0.2, -0.15) is 4.98 Å². The highest BCUT2D eigenvalue weighted by atomic mass is 16.5. The van der Waals surface area contributed by atoms with Crippen LogP contribution < -0.4 is 0 Å². The van der Waals surface area contributed by atoms with Crippen LogP contribution in [0.5, 0.6) is 0 Å². The van der Waals surface area contributed by atoms with Crippen LogP contribution in [0.4, 0.5) is 0 Å². The molecule has 1 aromatic heterocycles. The lowest BCUT2D eigenvalue weighted by atomic mass is 10.0. The number of carbonyl (C=O) groups is 1. The summed E-state index contributed by atoms with van der Waals surface area (Å²) in [6, 6.07) is 0. The smallest absolute Gasteiger partial charge is 0.236 e. The molecule has 0 amide bonds.